The molecule has 0 saturated heterocycles. The number of fused-ring (bicyclic) bond motifs is 2. The summed E-state index contributed by atoms with van der Waals surface area (Å²) in [6.07, 6.45) is 3.33. The SMILES string of the molecule is Cc1ccc(CNC(=O)[C@H]2[C@H]3CC[C@H](C3)[C@@H]2c2nc(-c3cccc(C)c3)no2)cc1. The third-order valence-electron chi connectivity index (χ3n) is 6.81. The van der Waals surface area contributed by atoms with Gasteiger partial charge in [-0.15, -0.1) is 0 Å². The quantitative estimate of drug-likeness (QED) is 0.667. The van der Waals surface area contributed by atoms with Crippen LogP contribution in [0.2, 0.25) is 0 Å². The second-order valence-electron chi connectivity index (χ2n) is 8.91. The zero-order valence-corrected chi connectivity index (χ0v) is 17.5. The van der Waals surface area contributed by atoms with E-state index < -0.39 is 0 Å². The van der Waals surface area contributed by atoms with E-state index in [0.717, 1.165) is 36.0 Å². The summed E-state index contributed by atoms with van der Waals surface area (Å²) < 4.78 is 5.71. The van der Waals surface area contributed by atoms with Gasteiger partial charge < -0.3 is 9.84 Å². The Morgan fingerprint density at radius 2 is 1.87 bits per heavy atom. The van der Waals surface area contributed by atoms with Gasteiger partial charge in [-0.1, -0.05) is 58.7 Å². The van der Waals surface area contributed by atoms with Crippen molar-refractivity contribution in [1.29, 1.82) is 0 Å². The summed E-state index contributed by atoms with van der Waals surface area (Å²) in [4.78, 5) is 17.9. The fourth-order valence-corrected chi connectivity index (χ4v) is 5.31. The summed E-state index contributed by atoms with van der Waals surface area (Å²) >= 11 is 0. The van der Waals surface area contributed by atoms with Crippen LogP contribution in [0.5, 0.6) is 0 Å². The van der Waals surface area contributed by atoms with Crippen LogP contribution in [0.1, 0.15) is 47.8 Å². The molecular weight excluding hydrogens is 374 g/mol. The number of aromatic nitrogens is 2. The van der Waals surface area contributed by atoms with Gasteiger partial charge in [-0.2, -0.15) is 4.98 Å². The molecule has 2 saturated carbocycles. The molecule has 2 aliphatic carbocycles. The molecule has 3 aromatic rings. The Morgan fingerprint density at radius 1 is 1.07 bits per heavy atom. The molecule has 5 rings (SSSR count). The topological polar surface area (TPSA) is 68.0 Å². The Morgan fingerprint density at radius 3 is 2.67 bits per heavy atom. The minimum atomic E-state index is -0.0833. The summed E-state index contributed by atoms with van der Waals surface area (Å²) in [6, 6.07) is 16.4. The van der Waals surface area contributed by atoms with E-state index in [1.807, 2.05) is 12.1 Å². The first-order valence-corrected chi connectivity index (χ1v) is 10.8. The highest BCUT2D eigenvalue weighted by Gasteiger charge is 2.53. The molecule has 0 unspecified atom stereocenters. The number of benzene rings is 2. The molecule has 4 atom stereocenters. The standard InChI is InChI=1S/C25H27N3O2/c1-15-6-8-17(9-7-15)14-26-24(29)21-18-10-11-19(13-18)22(21)25-27-23(28-30-25)20-5-3-4-16(2)12-20/h3-9,12,18-19,21-22H,10-11,13-14H2,1-2H3,(H,26,29)/t18-,19+,21-,22-/m0/s1. The Kier molecular flexibility index (Phi) is 4.89. The Labute approximate surface area is 176 Å². The second kappa shape index (κ2) is 7.71. The fraction of sp³-hybridized carbons (Fsp3) is 0.400. The van der Waals surface area contributed by atoms with E-state index in [0.29, 0.717) is 30.1 Å². The van der Waals surface area contributed by atoms with Crippen molar-refractivity contribution in [2.45, 2.75) is 45.6 Å². The summed E-state index contributed by atoms with van der Waals surface area (Å²) in [5.74, 6) is 2.14. The third kappa shape index (κ3) is 3.53. The lowest BCUT2D eigenvalue weighted by molar-refractivity contribution is -0.127. The third-order valence-corrected chi connectivity index (χ3v) is 6.81. The van der Waals surface area contributed by atoms with E-state index in [4.69, 9.17) is 9.51 Å². The number of amides is 1. The van der Waals surface area contributed by atoms with Crippen LogP contribution < -0.4 is 5.32 Å². The molecule has 30 heavy (non-hydrogen) atoms. The second-order valence-corrected chi connectivity index (χ2v) is 8.91. The van der Waals surface area contributed by atoms with E-state index in [1.165, 1.54) is 5.56 Å². The summed E-state index contributed by atoms with van der Waals surface area (Å²) in [5, 5.41) is 7.40. The van der Waals surface area contributed by atoms with Gasteiger partial charge in [-0.3, -0.25) is 4.79 Å². The lowest BCUT2D eigenvalue weighted by Crippen LogP contribution is -2.37. The van der Waals surface area contributed by atoms with Crippen molar-refractivity contribution in [2.75, 3.05) is 0 Å². The van der Waals surface area contributed by atoms with E-state index in [-0.39, 0.29) is 17.7 Å². The molecule has 0 aliphatic heterocycles. The maximum absolute atomic E-state index is 13.2. The van der Waals surface area contributed by atoms with Gasteiger partial charge in [0.05, 0.1) is 11.8 Å². The molecule has 2 fully saturated rings. The highest BCUT2D eigenvalue weighted by Crippen LogP contribution is 2.56. The van der Waals surface area contributed by atoms with E-state index in [2.05, 4.69) is 60.7 Å². The molecule has 1 N–H and O–H groups in total. The lowest BCUT2D eigenvalue weighted by atomic mass is 9.78. The normalized spacial score (nSPS) is 24.9. The van der Waals surface area contributed by atoms with Gasteiger partial charge >= 0.3 is 0 Å². The highest BCUT2D eigenvalue weighted by atomic mass is 16.5. The molecule has 2 aromatic carbocycles. The Bertz CT molecular complexity index is 1060. The number of rotatable bonds is 5. The zero-order chi connectivity index (χ0) is 20.7. The zero-order valence-electron chi connectivity index (χ0n) is 17.5. The first-order valence-electron chi connectivity index (χ1n) is 10.8. The number of aryl methyl sites for hydroxylation is 2. The highest BCUT2D eigenvalue weighted by molar-refractivity contribution is 5.80. The Hall–Kier alpha value is -2.95. The van der Waals surface area contributed by atoms with Crippen molar-refractivity contribution in [3.63, 3.8) is 0 Å². The minimum Gasteiger partial charge on any atom is -0.352 e. The molecule has 154 valence electrons. The molecule has 2 bridgehead atoms. The molecule has 1 heterocycles. The van der Waals surface area contributed by atoms with E-state index >= 15 is 0 Å². The summed E-state index contributed by atoms with van der Waals surface area (Å²) in [7, 11) is 0. The molecule has 0 radical (unpaired) electrons. The number of hydrogen-bond donors (Lipinski definition) is 1. The molecule has 1 aromatic heterocycles. The van der Waals surface area contributed by atoms with Crippen molar-refractivity contribution in [1.82, 2.24) is 15.5 Å². The molecule has 1 amide bonds. The first-order chi connectivity index (χ1) is 14.6. The largest absolute Gasteiger partial charge is 0.352 e. The van der Waals surface area contributed by atoms with Crippen LogP contribution in [0.3, 0.4) is 0 Å². The first kappa shape index (κ1) is 19.0. The van der Waals surface area contributed by atoms with Gasteiger partial charge in [-0.25, -0.2) is 0 Å². The van der Waals surface area contributed by atoms with Crippen molar-refractivity contribution in [3.8, 4) is 11.4 Å². The van der Waals surface area contributed by atoms with Crippen molar-refractivity contribution < 1.29 is 9.32 Å². The number of nitrogens with one attached hydrogen (secondary N) is 1. The van der Waals surface area contributed by atoms with Gasteiger partial charge in [0.1, 0.15) is 0 Å². The number of hydrogen-bond acceptors (Lipinski definition) is 4. The molecule has 2 aliphatic rings. The van der Waals surface area contributed by atoms with Crippen LogP contribution in [0.25, 0.3) is 11.4 Å². The number of carbonyl (C=O) groups is 1. The van der Waals surface area contributed by atoms with Crippen molar-refractivity contribution >= 4 is 5.91 Å². The van der Waals surface area contributed by atoms with Gasteiger partial charge in [0.15, 0.2) is 0 Å². The average molecular weight is 402 g/mol. The minimum absolute atomic E-state index is 0.0211. The number of nitrogens with zero attached hydrogens (tertiary/aromatic N) is 2. The van der Waals surface area contributed by atoms with Crippen molar-refractivity contribution in [3.05, 3.63) is 71.1 Å². The van der Waals surface area contributed by atoms with Crippen LogP contribution in [-0.2, 0) is 11.3 Å². The van der Waals surface area contributed by atoms with Crippen LogP contribution in [0.4, 0.5) is 0 Å². The van der Waals surface area contributed by atoms with Gasteiger partial charge in [-0.05, 0) is 56.6 Å². The predicted molar refractivity (Wildman–Crippen MR) is 115 cm³/mol. The maximum atomic E-state index is 13.2. The fourth-order valence-electron chi connectivity index (χ4n) is 5.31. The number of carbonyl (C=O) groups excluding carboxylic acids is 1. The monoisotopic (exact) mass is 401 g/mol. The average Bonchev–Trinajstić information content (AvgIpc) is 3.49. The molecule has 5 heteroatoms. The van der Waals surface area contributed by atoms with Gasteiger partial charge in [0.25, 0.3) is 0 Å². The van der Waals surface area contributed by atoms with Crippen molar-refractivity contribution in [2.24, 2.45) is 17.8 Å². The van der Waals surface area contributed by atoms with Gasteiger partial charge in [0.2, 0.25) is 17.6 Å². The molecule has 5 nitrogen and oxygen atoms in total. The molecular formula is C25H27N3O2. The van der Waals surface area contributed by atoms with Crippen LogP contribution >= 0.6 is 0 Å². The lowest BCUT2D eigenvalue weighted by Gasteiger charge is -2.27. The van der Waals surface area contributed by atoms with Crippen LogP contribution in [-0.4, -0.2) is 16.0 Å². The Balaban J connectivity index is 1.35. The predicted octanol–water partition coefficient (Wildman–Crippen LogP) is 4.80. The summed E-state index contributed by atoms with van der Waals surface area (Å²) in [6.45, 7) is 4.67. The van der Waals surface area contributed by atoms with E-state index in [9.17, 15) is 4.79 Å². The maximum Gasteiger partial charge on any atom is 0.231 e. The smallest absolute Gasteiger partial charge is 0.231 e. The van der Waals surface area contributed by atoms with Crippen LogP contribution in [0, 0.1) is 31.6 Å². The van der Waals surface area contributed by atoms with E-state index in [1.54, 1.807) is 0 Å². The van der Waals surface area contributed by atoms with Crippen LogP contribution in [0.15, 0.2) is 53.1 Å². The van der Waals surface area contributed by atoms with Gasteiger partial charge in [0, 0.05) is 12.1 Å². The summed E-state index contributed by atoms with van der Waals surface area (Å²) in [5.41, 5.74) is 4.45. The molecule has 0 spiro atoms.